The fourth-order valence-electron chi connectivity index (χ4n) is 2.26. The highest BCUT2D eigenvalue weighted by molar-refractivity contribution is 14.0. The number of halogens is 1. The first kappa shape index (κ1) is 17.1. The summed E-state index contributed by atoms with van der Waals surface area (Å²) in [5, 5.41) is 0. The number of thioether (sulfide) groups is 1. The van der Waals surface area contributed by atoms with Gasteiger partial charge in [-0.2, -0.15) is 11.8 Å². The number of hydrogen-bond acceptors (Lipinski definition) is 3. The summed E-state index contributed by atoms with van der Waals surface area (Å²) in [5.74, 6) is 3.70. The van der Waals surface area contributed by atoms with Crippen molar-refractivity contribution in [2.45, 2.75) is 6.54 Å². The molecule has 1 aliphatic heterocycles. The van der Waals surface area contributed by atoms with Gasteiger partial charge >= 0.3 is 0 Å². The minimum atomic E-state index is 0. The maximum atomic E-state index is 6.04. The summed E-state index contributed by atoms with van der Waals surface area (Å²) in [5.41, 5.74) is 8.17. The largest absolute Gasteiger partial charge is 0.370 e. The Morgan fingerprint density at radius 3 is 2.73 bits per heavy atom. The Bertz CT molecular complexity index is 607. The van der Waals surface area contributed by atoms with Crippen molar-refractivity contribution >= 4 is 41.7 Å². The number of guanidine groups is 1. The van der Waals surface area contributed by atoms with Crippen molar-refractivity contribution in [3.8, 4) is 11.3 Å². The van der Waals surface area contributed by atoms with Crippen LogP contribution in [0.2, 0.25) is 0 Å². The second-order valence-electron chi connectivity index (χ2n) is 4.88. The number of benzene rings is 1. The monoisotopic (exact) mass is 429 g/mol. The summed E-state index contributed by atoms with van der Waals surface area (Å²) in [7, 11) is 0. The third kappa shape index (κ3) is 4.39. The molecule has 0 atom stereocenters. The first-order chi connectivity index (χ1) is 10.3. The zero-order valence-corrected chi connectivity index (χ0v) is 15.4. The summed E-state index contributed by atoms with van der Waals surface area (Å²) in [6.45, 7) is 2.45. The molecule has 0 radical (unpaired) electrons. The molecular formula is C15H20IN5S. The number of nitrogens with one attached hydrogen (secondary N) is 1. The Balaban J connectivity index is 0.00000176. The summed E-state index contributed by atoms with van der Waals surface area (Å²) in [6.07, 6.45) is 1.84. The first-order valence-corrected chi connectivity index (χ1v) is 8.20. The van der Waals surface area contributed by atoms with Crippen LogP contribution in [0.1, 0.15) is 5.82 Å². The fraction of sp³-hybridized carbons (Fsp3) is 0.333. The molecule has 3 N–H and O–H groups in total. The molecule has 22 heavy (non-hydrogen) atoms. The van der Waals surface area contributed by atoms with Gasteiger partial charge in [0.1, 0.15) is 12.4 Å². The van der Waals surface area contributed by atoms with Crippen LogP contribution in [0.4, 0.5) is 0 Å². The van der Waals surface area contributed by atoms with Crippen LogP contribution in [0, 0.1) is 0 Å². The van der Waals surface area contributed by atoms with E-state index in [0.29, 0.717) is 12.5 Å². The first-order valence-electron chi connectivity index (χ1n) is 7.05. The summed E-state index contributed by atoms with van der Waals surface area (Å²) < 4.78 is 0. The lowest BCUT2D eigenvalue weighted by atomic mass is 10.2. The van der Waals surface area contributed by atoms with E-state index in [2.05, 4.69) is 32.0 Å². The summed E-state index contributed by atoms with van der Waals surface area (Å²) >= 11 is 1.96. The molecule has 0 saturated carbocycles. The van der Waals surface area contributed by atoms with Gasteiger partial charge in [0, 0.05) is 24.6 Å². The van der Waals surface area contributed by atoms with Crippen LogP contribution in [0.3, 0.4) is 0 Å². The van der Waals surface area contributed by atoms with Gasteiger partial charge in [0.2, 0.25) is 0 Å². The quantitative estimate of drug-likeness (QED) is 0.447. The van der Waals surface area contributed by atoms with Crippen molar-refractivity contribution in [2.75, 3.05) is 24.6 Å². The number of rotatable bonds is 3. The third-order valence-corrected chi connectivity index (χ3v) is 4.38. The second kappa shape index (κ2) is 8.42. The molecule has 0 amide bonds. The molecule has 3 rings (SSSR count). The van der Waals surface area contributed by atoms with Gasteiger partial charge in [0.05, 0.1) is 11.9 Å². The van der Waals surface area contributed by atoms with E-state index in [1.54, 1.807) is 0 Å². The van der Waals surface area contributed by atoms with E-state index >= 15 is 0 Å². The average Bonchev–Trinajstić information content (AvgIpc) is 3.03. The predicted molar refractivity (Wildman–Crippen MR) is 104 cm³/mol. The maximum Gasteiger partial charge on any atom is 0.191 e. The fourth-order valence-corrected chi connectivity index (χ4v) is 3.16. The molecule has 2 heterocycles. The topological polar surface area (TPSA) is 70.3 Å². The normalized spacial score (nSPS) is 15.5. The van der Waals surface area contributed by atoms with Crippen molar-refractivity contribution in [2.24, 2.45) is 10.7 Å². The Hall–Kier alpha value is -1.22. The Morgan fingerprint density at radius 1 is 1.27 bits per heavy atom. The van der Waals surface area contributed by atoms with Gasteiger partial charge < -0.3 is 15.6 Å². The van der Waals surface area contributed by atoms with Crippen molar-refractivity contribution in [1.82, 2.24) is 14.9 Å². The molecule has 0 spiro atoms. The van der Waals surface area contributed by atoms with Crippen molar-refractivity contribution in [3.63, 3.8) is 0 Å². The van der Waals surface area contributed by atoms with Gasteiger partial charge in [0.15, 0.2) is 5.96 Å². The van der Waals surface area contributed by atoms with Gasteiger partial charge in [-0.05, 0) is 5.56 Å². The second-order valence-corrected chi connectivity index (χ2v) is 6.11. The third-order valence-electron chi connectivity index (χ3n) is 3.44. The van der Waals surface area contributed by atoms with Gasteiger partial charge in [-0.15, -0.1) is 24.0 Å². The number of H-pyrrole nitrogens is 1. The van der Waals surface area contributed by atoms with Gasteiger partial charge in [-0.25, -0.2) is 9.98 Å². The lowest BCUT2D eigenvalue weighted by Gasteiger charge is -2.27. The Labute approximate surface area is 151 Å². The molecular weight excluding hydrogens is 409 g/mol. The van der Waals surface area contributed by atoms with Crippen LogP contribution in [0.15, 0.2) is 41.5 Å². The number of nitrogens with zero attached hydrogens (tertiary/aromatic N) is 3. The SMILES string of the molecule is I.NC(=NCc1ncc(-c2ccccc2)[nH]1)N1CCSCC1. The number of aromatic amines is 1. The number of aromatic nitrogens is 2. The minimum absolute atomic E-state index is 0. The predicted octanol–water partition coefficient (Wildman–Crippen LogP) is 2.56. The minimum Gasteiger partial charge on any atom is -0.370 e. The molecule has 0 unspecified atom stereocenters. The van der Waals surface area contributed by atoms with Crippen LogP contribution >= 0.6 is 35.7 Å². The summed E-state index contributed by atoms with van der Waals surface area (Å²) in [4.78, 5) is 14.2. The zero-order chi connectivity index (χ0) is 14.5. The van der Waals surface area contributed by atoms with Crippen molar-refractivity contribution < 1.29 is 0 Å². The highest BCUT2D eigenvalue weighted by Gasteiger charge is 2.12. The van der Waals surface area contributed by atoms with Crippen molar-refractivity contribution in [1.29, 1.82) is 0 Å². The van der Waals surface area contributed by atoms with Crippen molar-refractivity contribution in [3.05, 3.63) is 42.4 Å². The molecule has 0 bridgehead atoms. The standard InChI is InChI=1S/C15H19N5S.HI/c16-15(20-6-8-21-9-7-20)18-11-14-17-10-13(19-14)12-4-2-1-3-5-12;/h1-5,10H,6-9,11H2,(H2,16,18)(H,17,19);1H. The van der Waals surface area contributed by atoms with Gasteiger partial charge in [-0.3, -0.25) is 0 Å². The lowest BCUT2D eigenvalue weighted by molar-refractivity contribution is 0.455. The molecule has 1 fully saturated rings. The smallest absolute Gasteiger partial charge is 0.191 e. The number of hydrogen-bond donors (Lipinski definition) is 2. The van der Waals surface area contributed by atoms with Crippen LogP contribution < -0.4 is 5.73 Å². The summed E-state index contributed by atoms with van der Waals surface area (Å²) in [6, 6.07) is 10.1. The van der Waals surface area contributed by atoms with Gasteiger partial charge in [-0.1, -0.05) is 30.3 Å². The Morgan fingerprint density at radius 2 is 2.00 bits per heavy atom. The van der Waals surface area contributed by atoms with Crippen LogP contribution in [0.5, 0.6) is 0 Å². The lowest BCUT2D eigenvalue weighted by Crippen LogP contribution is -2.42. The molecule has 0 aliphatic carbocycles. The number of aliphatic imine (C=N–C) groups is 1. The van der Waals surface area contributed by atoms with Crippen LogP contribution in [-0.2, 0) is 6.54 Å². The molecule has 7 heteroatoms. The highest BCUT2D eigenvalue weighted by atomic mass is 127. The molecule has 1 saturated heterocycles. The highest BCUT2D eigenvalue weighted by Crippen LogP contribution is 2.16. The van der Waals surface area contributed by atoms with E-state index < -0.39 is 0 Å². The molecule has 2 aromatic rings. The van der Waals surface area contributed by atoms with E-state index in [4.69, 9.17) is 5.73 Å². The molecule has 1 aromatic heterocycles. The Kier molecular flexibility index (Phi) is 6.56. The van der Waals surface area contributed by atoms with Crippen LogP contribution in [0.25, 0.3) is 11.3 Å². The average molecular weight is 429 g/mol. The molecule has 5 nitrogen and oxygen atoms in total. The maximum absolute atomic E-state index is 6.04. The molecule has 118 valence electrons. The zero-order valence-electron chi connectivity index (χ0n) is 12.2. The van der Waals surface area contributed by atoms with E-state index in [1.807, 2.05) is 36.2 Å². The van der Waals surface area contributed by atoms with E-state index in [-0.39, 0.29) is 24.0 Å². The van der Waals surface area contributed by atoms with E-state index in [9.17, 15) is 0 Å². The number of imidazole rings is 1. The molecule has 1 aliphatic rings. The van der Waals surface area contributed by atoms with E-state index in [0.717, 1.165) is 41.7 Å². The van der Waals surface area contributed by atoms with Crippen LogP contribution in [-0.4, -0.2) is 45.4 Å². The molecule has 1 aromatic carbocycles. The number of nitrogens with two attached hydrogens (primary N) is 1. The van der Waals surface area contributed by atoms with E-state index in [1.165, 1.54) is 0 Å². The van der Waals surface area contributed by atoms with Gasteiger partial charge in [0.25, 0.3) is 0 Å².